The van der Waals surface area contributed by atoms with E-state index in [0.29, 0.717) is 17.7 Å². The van der Waals surface area contributed by atoms with Crippen LogP contribution >= 0.6 is 0 Å². The number of hydrogen-bond acceptors (Lipinski definition) is 4. The van der Waals surface area contributed by atoms with Crippen molar-refractivity contribution in [2.75, 3.05) is 13.1 Å². The van der Waals surface area contributed by atoms with Gasteiger partial charge in [-0.05, 0) is 32.0 Å². The van der Waals surface area contributed by atoms with Crippen LogP contribution in [0.2, 0.25) is 0 Å². The molecule has 0 spiro atoms. The number of nitro groups is 1. The Hall–Kier alpha value is -1.95. The molecule has 0 fully saturated rings. The Bertz CT molecular complexity index is 474. The minimum absolute atomic E-state index is 0.00457. The van der Waals surface area contributed by atoms with Crippen LogP contribution in [0.3, 0.4) is 0 Å². The predicted molar refractivity (Wildman–Crippen MR) is 73.3 cm³/mol. The largest absolute Gasteiger partial charge is 0.350 e. The molecule has 1 amide bonds. The highest BCUT2D eigenvalue weighted by molar-refractivity contribution is 5.95. The van der Waals surface area contributed by atoms with Crippen LogP contribution in [0.4, 0.5) is 5.69 Å². The molecule has 0 aliphatic heterocycles. The van der Waals surface area contributed by atoms with Gasteiger partial charge in [-0.1, -0.05) is 6.92 Å². The summed E-state index contributed by atoms with van der Waals surface area (Å²) in [4.78, 5) is 22.1. The third kappa shape index (κ3) is 4.33. The van der Waals surface area contributed by atoms with Crippen molar-refractivity contribution >= 4 is 11.6 Å². The van der Waals surface area contributed by atoms with Crippen LogP contribution in [-0.2, 0) is 0 Å². The van der Waals surface area contributed by atoms with Gasteiger partial charge in [-0.25, -0.2) is 0 Å². The fourth-order valence-corrected chi connectivity index (χ4v) is 1.78. The van der Waals surface area contributed by atoms with E-state index in [-0.39, 0.29) is 17.6 Å². The number of nitrogens with zero attached hydrogens (tertiary/aromatic N) is 1. The lowest BCUT2D eigenvalue weighted by molar-refractivity contribution is -0.384. The second-order valence-electron chi connectivity index (χ2n) is 4.43. The minimum atomic E-state index is -0.470. The van der Waals surface area contributed by atoms with Crippen molar-refractivity contribution < 1.29 is 9.72 Å². The molecular weight excluding hydrogens is 246 g/mol. The molecule has 104 valence electrons. The number of carbonyl (C=O) groups excluding carboxylic acids is 1. The smallest absolute Gasteiger partial charge is 0.269 e. The Kier molecular flexibility index (Phi) is 5.44. The Balaban J connectivity index is 2.70. The molecule has 1 rings (SSSR count). The lowest BCUT2D eigenvalue weighted by Crippen LogP contribution is -2.38. The monoisotopic (exact) mass is 265 g/mol. The van der Waals surface area contributed by atoms with Crippen LogP contribution in [-0.4, -0.2) is 30.0 Å². The maximum Gasteiger partial charge on any atom is 0.269 e. The van der Waals surface area contributed by atoms with Crippen LogP contribution in [0.1, 0.15) is 29.8 Å². The van der Waals surface area contributed by atoms with Gasteiger partial charge in [0, 0.05) is 30.3 Å². The Labute approximate surface area is 112 Å². The number of likely N-dealkylation sites (N-methyl/N-ethyl adjacent to an activating group) is 1. The molecule has 0 radical (unpaired) electrons. The molecule has 0 saturated heterocycles. The molecule has 0 aliphatic carbocycles. The summed E-state index contributed by atoms with van der Waals surface area (Å²) in [6, 6.07) is 4.42. The van der Waals surface area contributed by atoms with Crippen molar-refractivity contribution in [3.8, 4) is 0 Å². The van der Waals surface area contributed by atoms with Gasteiger partial charge in [0.05, 0.1) is 4.92 Å². The minimum Gasteiger partial charge on any atom is -0.350 e. The first kappa shape index (κ1) is 15.1. The zero-order valence-electron chi connectivity index (χ0n) is 11.4. The van der Waals surface area contributed by atoms with Gasteiger partial charge < -0.3 is 10.6 Å². The summed E-state index contributed by atoms with van der Waals surface area (Å²) in [5, 5.41) is 16.6. The van der Waals surface area contributed by atoms with Gasteiger partial charge in [0.25, 0.3) is 11.6 Å². The molecular formula is C13H19N3O3. The zero-order chi connectivity index (χ0) is 14.4. The summed E-state index contributed by atoms with van der Waals surface area (Å²) in [5.74, 6) is -0.211. The van der Waals surface area contributed by atoms with Crippen molar-refractivity contribution in [3.05, 3.63) is 39.4 Å². The molecule has 2 N–H and O–H groups in total. The van der Waals surface area contributed by atoms with E-state index in [9.17, 15) is 14.9 Å². The zero-order valence-corrected chi connectivity index (χ0v) is 11.4. The van der Waals surface area contributed by atoms with Crippen molar-refractivity contribution in [2.45, 2.75) is 26.8 Å². The molecule has 0 aliphatic rings. The van der Waals surface area contributed by atoms with Gasteiger partial charge in [-0.2, -0.15) is 0 Å². The molecule has 19 heavy (non-hydrogen) atoms. The summed E-state index contributed by atoms with van der Waals surface area (Å²) in [6.45, 7) is 7.03. The van der Waals surface area contributed by atoms with Crippen LogP contribution < -0.4 is 10.6 Å². The number of nitrogens with one attached hydrogen (secondary N) is 2. The van der Waals surface area contributed by atoms with E-state index in [4.69, 9.17) is 0 Å². The lowest BCUT2D eigenvalue weighted by Gasteiger charge is -2.13. The highest BCUT2D eigenvalue weighted by Crippen LogP contribution is 2.16. The average molecular weight is 265 g/mol. The summed E-state index contributed by atoms with van der Waals surface area (Å²) < 4.78 is 0. The van der Waals surface area contributed by atoms with E-state index in [1.165, 1.54) is 18.2 Å². The molecule has 1 aromatic carbocycles. The topological polar surface area (TPSA) is 84.3 Å². The van der Waals surface area contributed by atoms with Gasteiger partial charge in [-0.15, -0.1) is 0 Å². The van der Waals surface area contributed by atoms with Crippen molar-refractivity contribution in [3.63, 3.8) is 0 Å². The molecule has 0 saturated carbocycles. The molecule has 0 aromatic heterocycles. The Morgan fingerprint density at radius 1 is 1.47 bits per heavy atom. The standard InChI is InChI=1S/C13H19N3O3/c1-4-14-10(3)8-15-13(17)12-6-5-11(16(18)19)7-9(12)2/h5-7,10,14H,4,8H2,1-3H3,(H,15,17)/t10-/m1/s1. The number of nitro benzene ring substituents is 1. The fourth-order valence-electron chi connectivity index (χ4n) is 1.78. The number of hydrogen-bond donors (Lipinski definition) is 2. The van der Waals surface area contributed by atoms with Crippen molar-refractivity contribution in [2.24, 2.45) is 0 Å². The normalized spacial score (nSPS) is 11.9. The van der Waals surface area contributed by atoms with Gasteiger partial charge in [0.1, 0.15) is 0 Å². The molecule has 1 atom stereocenters. The third-order valence-corrected chi connectivity index (χ3v) is 2.79. The maximum absolute atomic E-state index is 11.9. The van der Waals surface area contributed by atoms with E-state index in [1.54, 1.807) is 6.92 Å². The second-order valence-corrected chi connectivity index (χ2v) is 4.43. The second kappa shape index (κ2) is 6.84. The van der Waals surface area contributed by atoms with Crippen LogP contribution in [0.25, 0.3) is 0 Å². The molecule has 0 bridgehead atoms. The van der Waals surface area contributed by atoms with Gasteiger partial charge in [-0.3, -0.25) is 14.9 Å². The summed E-state index contributed by atoms with van der Waals surface area (Å²) >= 11 is 0. The maximum atomic E-state index is 11.9. The Morgan fingerprint density at radius 2 is 2.16 bits per heavy atom. The number of aryl methyl sites for hydroxylation is 1. The molecule has 6 nitrogen and oxygen atoms in total. The number of carbonyl (C=O) groups is 1. The predicted octanol–water partition coefficient (Wildman–Crippen LogP) is 1.63. The summed E-state index contributed by atoms with van der Waals surface area (Å²) in [5.41, 5.74) is 1.06. The summed E-state index contributed by atoms with van der Waals surface area (Å²) in [6.07, 6.45) is 0. The van der Waals surface area contributed by atoms with E-state index in [0.717, 1.165) is 6.54 Å². The number of non-ortho nitro benzene ring substituents is 1. The van der Waals surface area contributed by atoms with Crippen molar-refractivity contribution in [1.82, 2.24) is 10.6 Å². The van der Waals surface area contributed by atoms with Crippen LogP contribution in [0, 0.1) is 17.0 Å². The molecule has 0 heterocycles. The van der Waals surface area contributed by atoms with E-state index in [1.807, 2.05) is 13.8 Å². The third-order valence-electron chi connectivity index (χ3n) is 2.79. The quantitative estimate of drug-likeness (QED) is 0.605. The average Bonchev–Trinajstić information content (AvgIpc) is 2.36. The van der Waals surface area contributed by atoms with Gasteiger partial charge in [0.15, 0.2) is 0 Å². The number of benzene rings is 1. The van der Waals surface area contributed by atoms with E-state index >= 15 is 0 Å². The first-order valence-corrected chi connectivity index (χ1v) is 6.22. The van der Waals surface area contributed by atoms with E-state index < -0.39 is 4.92 Å². The highest BCUT2D eigenvalue weighted by atomic mass is 16.6. The highest BCUT2D eigenvalue weighted by Gasteiger charge is 2.13. The summed E-state index contributed by atoms with van der Waals surface area (Å²) in [7, 11) is 0. The van der Waals surface area contributed by atoms with Crippen LogP contribution in [0.15, 0.2) is 18.2 Å². The number of amides is 1. The fraction of sp³-hybridized carbons (Fsp3) is 0.462. The first-order valence-electron chi connectivity index (χ1n) is 6.22. The number of rotatable bonds is 6. The van der Waals surface area contributed by atoms with Gasteiger partial charge in [0.2, 0.25) is 0 Å². The van der Waals surface area contributed by atoms with Gasteiger partial charge >= 0.3 is 0 Å². The van der Waals surface area contributed by atoms with Crippen molar-refractivity contribution in [1.29, 1.82) is 0 Å². The molecule has 6 heteroatoms. The molecule has 0 unspecified atom stereocenters. The SMILES string of the molecule is CCN[C@H](C)CNC(=O)c1ccc([N+](=O)[O-])cc1C. The van der Waals surface area contributed by atoms with E-state index in [2.05, 4.69) is 10.6 Å². The van der Waals surface area contributed by atoms with Crippen LogP contribution in [0.5, 0.6) is 0 Å². The Morgan fingerprint density at radius 3 is 2.68 bits per heavy atom. The lowest BCUT2D eigenvalue weighted by atomic mass is 10.1. The molecule has 1 aromatic rings. The first-order chi connectivity index (χ1) is 8.95.